The van der Waals surface area contributed by atoms with E-state index in [0.717, 1.165) is 10.9 Å². The standard InChI is InChI=1S/C11H10O.O5P2/c12-8-10-6-3-5-9-4-1-2-7-11(9)10;1-6(2)5-7(3)4/h1-7,12H,8H2;/p+2. The van der Waals surface area contributed by atoms with E-state index < -0.39 is 16.5 Å². The highest BCUT2D eigenvalue weighted by Crippen LogP contribution is 2.30. The molecule has 0 amide bonds. The molecule has 3 N–H and O–H groups in total. The van der Waals surface area contributed by atoms with Crippen LogP contribution in [0.1, 0.15) is 5.56 Å². The Kier molecular flexibility index (Phi) is 6.67. The minimum atomic E-state index is -2.92. The first-order valence-corrected chi connectivity index (χ1v) is 7.38. The molecule has 0 saturated heterocycles. The van der Waals surface area contributed by atoms with Gasteiger partial charge in [0.25, 0.3) is 0 Å². The summed E-state index contributed by atoms with van der Waals surface area (Å²) in [7, 11) is -5.85. The van der Waals surface area contributed by atoms with Gasteiger partial charge in [0.2, 0.25) is 0 Å². The summed E-state index contributed by atoms with van der Waals surface area (Å²) in [6.45, 7) is 0.112. The van der Waals surface area contributed by atoms with Crippen LogP contribution in [0.25, 0.3) is 10.8 Å². The molecule has 0 saturated carbocycles. The Morgan fingerprint density at radius 2 is 1.53 bits per heavy atom. The maximum absolute atomic E-state index is 9.39. The molecular formula is C11H12O6P2+2. The van der Waals surface area contributed by atoms with Gasteiger partial charge in [-0.25, -0.2) is 0 Å². The quantitative estimate of drug-likeness (QED) is 0.753. The molecule has 0 radical (unpaired) electrons. The van der Waals surface area contributed by atoms with E-state index in [-0.39, 0.29) is 6.61 Å². The summed E-state index contributed by atoms with van der Waals surface area (Å²) in [6, 6.07) is 14.0. The van der Waals surface area contributed by atoms with Gasteiger partial charge in [0.1, 0.15) is 0 Å². The second kappa shape index (κ2) is 8.02. The van der Waals surface area contributed by atoms with E-state index in [2.05, 4.69) is 16.4 Å². The fourth-order valence-corrected chi connectivity index (χ4v) is 1.97. The van der Waals surface area contributed by atoms with Crippen molar-refractivity contribution < 1.29 is 28.3 Å². The van der Waals surface area contributed by atoms with E-state index in [1.54, 1.807) is 0 Å². The van der Waals surface area contributed by atoms with E-state index in [0.29, 0.717) is 0 Å². The lowest BCUT2D eigenvalue weighted by Gasteiger charge is -2.01. The molecule has 0 aromatic heterocycles. The number of aliphatic hydroxyl groups excluding tert-OH is 1. The second-order valence-corrected chi connectivity index (χ2v) is 4.96. The van der Waals surface area contributed by atoms with E-state index in [1.807, 2.05) is 30.3 Å². The van der Waals surface area contributed by atoms with Gasteiger partial charge in [0, 0.05) is 9.13 Å². The SMILES string of the molecule is O=[P+](O)O[P+](=O)O.OCc1cccc2ccccc12. The lowest BCUT2D eigenvalue weighted by atomic mass is 10.1. The predicted molar refractivity (Wildman–Crippen MR) is 70.6 cm³/mol. The summed E-state index contributed by atoms with van der Waals surface area (Å²) in [5.74, 6) is 0. The van der Waals surface area contributed by atoms with Gasteiger partial charge in [0.05, 0.1) is 6.61 Å². The molecule has 0 aliphatic heterocycles. The molecule has 0 bridgehead atoms. The highest BCUT2D eigenvalue weighted by atomic mass is 31.2. The molecule has 0 aliphatic carbocycles. The monoisotopic (exact) mass is 302 g/mol. The number of hydrogen-bond donors (Lipinski definition) is 3. The first kappa shape index (κ1) is 15.8. The van der Waals surface area contributed by atoms with Gasteiger partial charge in [-0.3, -0.25) is 0 Å². The second-order valence-electron chi connectivity index (χ2n) is 3.35. The van der Waals surface area contributed by atoms with Crippen LogP contribution in [0.4, 0.5) is 0 Å². The van der Waals surface area contributed by atoms with Gasteiger partial charge in [-0.1, -0.05) is 42.5 Å². The average Bonchev–Trinajstić information content (AvgIpc) is 2.37. The van der Waals surface area contributed by atoms with Crippen LogP contribution in [0, 0.1) is 0 Å². The van der Waals surface area contributed by atoms with Crippen molar-refractivity contribution >= 4 is 27.3 Å². The molecule has 0 aliphatic rings. The maximum Gasteiger partial charge on any atom is 0.745 e. The number of aliphatic hydroxyl groups is 1. The Morgan fingerprint density at radius 1 is 0.947 bits per heavy atom. The van der Waals surface area contributed by atoms with Crippen molar-refractivity contribution in [3.63, 3.8) is 0 Å². The average molecular weight is 302 g/mol. The summed E-state index contributed by atoms with van der Waals surface area (Å²) in [4.78, 5) is 15.3. The van der Waals surface area contributed by atoms with Crippen LogP contribution in [0.3, 0.4) is 0 Å². The van der Waals surface area contributed by atoms with E-state index in [1.165, 1.54) is 5.39 Å². The number of fused-ring (bicyclic) bond motifs is 1. The van der Waals surface area contributed by atoms with E-state index in [9.17, 15) is 9.13 Å². The van der Waals surface area contributed by atoms with E-state index in [4.69, 9.17) is 14.9 Å². The Morgan fingerprint density at radius 3 is 2.05 bits per heavy atom. The van der Waals surface area contributed by atoms with E-state index >= 15 is 0 Å². The van der Waals surface area contributed by atoms with Gasteiger partial charge < -0.3 is 5.11 Å². The summed E-state index contributed by atoms with van der Waals surface area (Å²) >= 11 is 0. The summed E-state index contributed by atoms with van der Waals surface area (Å²) in [5, 5.41) is 11.4. The summed E-state index contributed by atoms with van der Waals surface area (Å²) in [5.41, 5.74) is 0.994. The third kappa shape index (κ3) is 5.49. The number of rotatable bonds is 3. The molecule has 2 aromatic carbocycles. The zero-order valence-electron chi connectivity index (χ0n) is 9.71. The van der Waals surface area contributed by atoms with Gasteiger partial charge in [-0.15, -0.1) is 9.79 Å². The Balaban J connectivity index is 0.000000224. The molecule has 6 nitrogen and oxygen atoms in total. The summed E-state index contributed by atoms with van der Waals surface area (Å²) < 4.78 is 22.2. The molecule has 0 heterocycles. The Labute approximate surface area is 111 Å². The van der Waals surface area contributed by atoms with Crippen LogP contribution in [-0.2, 0) is 20.0 Å². The van der Waals surface area contributed by atoms with Gasteiger partial charge >= 0.3 is 16.5 Å². The first-order chi connectivity index (χ1) is 9.04. The molecule has 2 atom stereocenters. The minimum absolute atomic E-state index is 0.112. The molecule has 2 aromatic rings. The van der Waals surface area contributed by atoms with Crippen LogP contribution in [0.2, 0.25) is 0 Å². The van der Waals surface area contributed by atoms with Gasteiger partial charge in [0.15, 0.2) is 4.31 Å². The van der Waals surface area contributed by atoms with Crippen LogP contribution in [0.5, 0.6) is 0 Å². The molecule has 2 unspecified atom stereocenters. The molecule has 2 rings (SSSR count). The molecule has 8 heteroatoms. The normalized spacial score (nSPS) is 11.5. The minimum Gasteiger partial charge on any atom is -0.392 e. The van der Waals surface area contributed by atoms with Crippen molar-refractivity contribution in [3.8, 4) is 0 Å². The van der Waals surface area contributed by atoms with Crippen LogP contribution in [0.15, 0.2) is 42.5 Å². The molecule has 100 valence electrons. The highest BCUT2D eigenvalue weighted by molar-refractivity contribution is 7.46. The lowest BCUT2D eigenvalue weighted by molar-refractivity contribution is 0.283. The molecule has 19 heavy (non-hydrogen) atoms. The fraction of sp³-hybridized carbons (Fsp3) is 0.0909. The first-order valence-electron chi connectivity index (χ1n) is 5.12. The van der Waals surface area contributed by atoms with Crippen molar-refractivity contribution in [1.82, 2.24) is 0 Å². The van der Waals surface area contributed by atoms with Crippen LogP contribution < -0.4 is 0 Å². The topological polar surface area (TPSA) is 104 Å². The lowest BCUT2D eigenvalue weighted by Crippen LogP contribution is -1.84. The fourth-order valence-electron chi connectivity index (χ4n) is 1.49. The number of benzene rings is 2. The third-order valence-corrected chi connectivity index (χ3v) is 3.31. The maximum atomic E-state index is 9.39. The van der Waals surface area contributed by atoms with Gasteiger partial charge in [-0.2, -0.15) is 0 Å². The van der Waals surface area contributed by atoms with Crippen molar-refractivity contribution in [2.45, 2.75) is 6.61 Å². The van der Waals surface area contributed by atoms with Crippen LogP contribution in [-0.4, -0.2) is 14.9 Å². The van der Waals surface area contributed by atoms with Crippen molar-refractivity contribution in [3.05, 3.63) is 48.0 Å². The summed E-state index contributed by atoms with van der Waals surface area (Å²) in [6.07, 6.45) is 0. The largest absolute Gasteiger partial charge is 0.745 e. The zero-order chi connectivity index (χ0) is 14.3. The van der Waals surface area contributed by atoms with Crippen LogP contribution >= 0.6 is 16.5 Å². The third-order valence-electron chi connectivity index (χ3n) is 2.19. The molecule has 0 spiro atoms. The molecule has 0 fully saturated rings. The van der Waals surface area contributed by atoms with Crippen molar-refractivity contribution in [1.29, 1.82) is 0 Å². The molecular weight excluding hydrogens is 290 g/mol. The predicted octanol–water partition coefficient (Wildman–Crippen LogP) is 2.63. The number of hydrogen-bond acceptors (Lipinski definition) is 4. The van der Waals surface area contributed by atoms with Crippen molar-refractivity contribution in [2.24, 2.45) is 0 Å². The highest BCUT2D eigenvalue weighted by Gasteiger charge is 2.31. The smallest absolute Gasteiger partial charge is 0.392 e. The zero-order valence-corrected chi connectivity index (χ0v) is 11.5. The van der Waals surface area contributed by atoms with Gasteiger partial charge in [-0.05, 0) is 16.3 Å². The van der Waals surface area contributed by atoms with Crippen molar-refractivity contribution in [2.75, 3.05) is 0 Å². The Hall–Kier alpha value is -1.26. The Bertz CT molecular complexity index is 569.